The van der Waals surface area contributed by atoms with Gasteiger partial charge < -0.3 is 9.84 Å². The molecule has 1 N–H and O–H groups in total. The van der Waals surface area contributed by atoms with Gasteiger partial charge >= 0.3 is 5.97 Å². The molecule has 0 bridgehead atoms. The number of fused-ring (bicyclic) bond motifs is 1. The fourth-order valence-corrected chi connectivity index (χ4v) is 1.87. The Hall–Kier alpha value is -0.570. The second-order valence-electron chi connectivity index (χ2n) is 3.11. The molecular formula is C7H10O3. The number of aliphatic hydroxyl groups is 1. The van der Waals surface area contributed by atoms with Gasteiger partial charge in [-0.15, -0.1) is 0 Å². The highest BCUT2D eigenvalue weighted by molar-refractivity contribution is 5.72. The molecule has 3 nitrogen and oxygen atoms in total. The number of carbonyl (C=O) groups excluding carboxylic acids is 1. The summed E-state index contributed by atoms with van der Waals surface area (Å²) in [5, 5.41) is 9.56. The molecule has 56 valence electrons. The van der Waals surface area contributed by atoms with Crippen LogP contribution in [0, 0.1) is 5.92 Å². The predicted molar refractivity (Wildman–Crippen MR) is 33.0 cm³/mol. The molecule has 0 aromatic heterocycles. The van der Waals surface area contributed by atoms with Crippen molar-refractivity contribution in [1.82, 2.24) is 0 Å². The zero-order chi connectivity index (χ0) is 7.19. The van der Waals surface area contributed by atoms with Gasteiger partial charge in [-0.1, -0.05) is 0 Å². The number of esters is 1. The van der Waals surface area contributed by atoms with E-state index in [1.165, 1.54) is 0 Å². The smallest absolute Gasteiger partial charge is 0.308 e. The van der Waals surface area contributed by atoms with Crippen LogP contribution in [0.2, 0.25) is 0 Å². The quantitative estimate of drug-likeness (QED) is 0.498. The average molecular weight is 142 g/mol. The molecule has 1 aliphatic heterocycles. The third-order valence-electron chi connectivity index (χ3n) is 2.43. The fourth-order valence-electron chi connectivity index (χ4n) is 1.87. The van der Waals surface area contributed by atoms with Crippen molar-refractivity contribution in [2.75, 3.05) is 0 Å². The molecule has 10 heavy (non-hydrogen) atoms. The average Bonchev–Trinajstić information content (AvgIpc) is 2.20. The number of hydrogen-bond donors (Lipinski definition) is 1. The second kappa shape index (κ2) is 1.72. The van der Waals surface area contributed by atoms with Crippen molar-refractivity contribution in [1.29, 1.82) is 0 Å². The van der Waals surface area contributed by atoms with Crippen molar-refractivity contribution < 1.29 is 14.6 Å². The highest BCUT2D eigenvalue weighted by Crippen LogP contribution is 2.43. The Morgan fingerprint density at radius 2 is 2.50 bits per heavy atom. The molecule has 0 radical (unpaired) electrons. The van der Waals surface area contributed by atoms with Crippen molar-refractivity contribution in [3.63, 3.8) is 0 Å². The third kappa shape index (κ3) is 0.669. The summed E-state index contributed by atoms with van der Waals surface area (Å²) >= 11 is 0. The molecule has 1 aliphatic carbocycles. The molecule has 1 saturated heterocycles. The van der Waals surface area contributed by atoms with Crippen molar-refractivity contribution in [3.8, 4) is 0 Å². The van der Waals surface area contributed by atoms with Gasteiger partial charge in [0.2, 0.25) is 5.79 Å². The Labute approximate surface area is 59.0 Å². The molecule has 2 atom stereocenters. The van der Waals surface area contributed by atoms with Gasteiger partial charge in [-0.05, 0) is 12.8 Å². The largest absolute Gasteiger partial charge is 0.433 e. The molecule has 1 heterocycles. The lowest BCUT2D eigenvalue weighted by Crippen LogP contribution is -2.29. The first-order chi connectivity index (χ1) is 4.71. The van der Waals surface area contributed by atoms with Crippen molar-refractivity contribution in [2.24, 2.45) is 5.92 Å². The van der Waals surface area contributed by atoms with Gasteiger partial charge in [-0.25, -0.2) is 0 Å². The zero-order valence-electron chi connectivity index (χ0n) is 5.67. The number of carbonyl (C=O) groups is 1. The summed E-state index contributed by atoms with van der Waals surface area (Å²) in [5.74, 6) is -1.23. The summed E-state index contributed by atoms with van der Waals surface area (Å²) in [7, 11) is 0. The van der Waals surface area contributed by atoms with Gasteiger partial charge in [0, 0.05) is 12.3 Å². The van der Waals surface area contributed by atoms with Gasteiger partial charge in [0.05, 0.1) is 6.42 Å². The van der Waals surface area contributed by atoms with E-state index < -0.39 is 5.79 Å². The van der Waals surface area contributed by atoms with Crippen LogP contribution in [0.3, 0.4) is 0 Å². The molecule has 2 aliphatic rings. The van der Waals surface area contributed by atoms with Crippen LogP contribution in [-0.2, 0) is 9.53 Å². The topological polar surface area (TPSA) is 46.5 Å². The van der Waals surface area contributed by atoms with Crippen LogP contribution in [0.15, 0.2) is 0 Å². The highest BCUT2D eigenvalue weighted by atomic mass is 16.7. The van der Waals surface area contributed by atoms with Gasteiger partial charge in [-0.2, -0.15) is 0 Å². The molecule has 0 aromatic rings. The fraction of sp³-hybridized carbons (Fsp3) is 0.857. The maximum absolute atomic E-state index is 10.7. The maximum Gasteiger partial charge on any atom is 0.308 e. The Morgan fingerprint density at radius 1 is 1.70 bits per heavy atom. The zero-order valence-corrected chi connectivity index (χ0v) is 5.67. The van der Waals surface area contributed by atoms with E-state index in [9.17, 15) is 9.90 Å². The first kappa shape index (κ1) is 6.16. The first-order valence-corrected chi connectivity index (χ1v) is 3.65. The molecule has 0 aromatic carbocycles. The van der Waals surface area contributed by atoms with Gasteiger partial charge in [0.1, 0.15) is 0 Å². The van der Waals surface area contributed by atoms with E-state index in [1.807, 2.05) is 0 Å². The molecule has 2 rings (SSSR count). The van der Waals surface area contributed by atoms with Crippen LogP contribution in [0.1, 0.15) is 25.7 Å². The molecule has 1 saturated carbocycles. The first-order valence-electron chi connectivity index (χ1n) is 3.65. The van der Waals surface area contributed by atoms with Crippen LogP contribution >= 0.6 is 0 Å². The summed E-state index contributed by atoms with van der Waals surface area (Å²) in [6, 6.07) is 0. The highest BCUT2D eigenvalue weighted by Gasteiger charge is 2.50. The maximum atomic E-state index is 10.7. The van der Waals surface area contributed by atoms with Crippen LogP contribution in [-0.4, -0.2) is 16.9 Å². The Balaban J connectivity index is 2.22. The van der Waals surface area contributed by atoms with E-state index in [0.717, 1.165) is 12.8 Å². The molecule has 0 spiro atoms. The summed E-state index contributed by atoms with van der Waals surface area (Å²) in [5.41, 5.74) is 0. The number of hydrogen-bond acceptors (Lipinski definition) is 3. The van der Waals surface area contributed by atoms with E-state index in [4.69, 9.17) is 4.74 Å². The number of ether oxygens (including phenoxy) is 1. The molecule has 3 heteroatoms. The SMILES string of the molecule is O=C1CC2CCCC2(O)O1. The lowest BCUT2D eigenvalue weighted by atomic mass is 10.0. The van der Waals surface area contributed by atoms with E-state index >= 15 is 0 Å². The van der Waals surface area contributed by atoms with E-state index in [-0.39, 0.29) is 11.9 Å². The van der Waals surface area contributed by atoms with Crippen LogP contribution < -0.4 is 0 Å². The molecule has 0 amide bonds. The molecular weight excluding hydrogens is 132 g/mol. The Bertz CT molecular complexity index is 178. The Morgan fingerprint density at radius 3 is 3.20 bits per heavy atom. The summed E-state index contributed by atoms with van der Waals surface area (Å²) in [6.07, 6.45) is 2.95. The van der Waals surface area contributed by atoms with Gasteiger partial charge in [-0.3, -0.25) is 4.79 Å². The van der Waals surface area contributed by atoms with E-state index in [2.05, 4.69) is 0 Å². The van der Waals surface area contributed by atoms with Crippen LogP contribution in [0.4, 0.5) is 0 Å². The molecule has 2 unspecified atom stereocenters. The minimum Gasteiger partial charge on any atom is -0.433 e. The summed E-state index contributed by atoms with van der Waals surface area (Å²) in [6.45, 7) is 0. The van der Waals surface area contributed by atoms with Crippen LogP contribution in [0.5, 0.6) is 0 Å². The van der Waals surface area contributed by atoms with Gasteiger partial charge in [0.25, 0.3) is 0 Å². The van der Waals surface area contributed by atoms with E-state index in [1.54, 1.807) is 0 Å². The summed E-state index contributed by atoms with van der Waals surface area (Å²) < 4.78 is 4.79. The standard InChI is InChI=1S/C7H10O3/c8-6-4-5-2-1-3-7(5,9)10-6/h5,9H,1-4H2. The lowest BCUT2D eigenvalue weighted by Gasteiger charge is -2.19. The van der Waals surface area contributed by atoms with E-state index in [0.29, 0.717) is 12.8 Å². The summed E-state index contributed by atoms with van der Waals surface area (Å²) in [4.78, 5) is 10.7. The second-order valence-corrected chi connectivity index (χ2v) is 3.11. The minimum absolute atomic E-state index is 0.0833. The van der Waals surface area contributed by atoms with Crippen LogP contribution in [0.25, 0.3) is 0 Å². The monoisotopic (exact) mass is 142 g/mol. The van der Waals surface area contributed by atoms with Crippen molar-refractivity contribution >= 4 is 5.97 Å². The third-order valence-corrected chi connectivity index (χ3v) is 2.43. The normalized spacial score (nSPS) is 45.3. The van der Waals surface area contributed by atoms with Crippen molar-refractivity contribution in [2.45, 2.75) is 31.5 Å². The molecule has 2 fully saturated rings. The minimum atomic E-state index is -1.07. The Kier molecular flexibility index (Phi) is 1.06. The van der Waals surface area contributed by atoms with Crippen molar-refractivity contribution in [3.05, 3.63) is 0 Å². The van der Waals surface area contributed by atoms with Gasteiger partial charge in [0.15, 0.2) is 0 Å². The number of rotatable bonds is 0. The predicted octanol–water partition coefficient (Wildman–Crippen LogP) is 0.422. The lowest BCUT2D eigenvalue weighted by molar-refractivity contribution is -0.194.